The fraction of sp³-hybridized carbons (Fsp3) is 0.462. The van der Waals surface area contributed by atoms with E-state index in [1.54, 1.807) is 0 Å². The van der Waals surface area contributed by atoms with E-state index in [1.807, 2.05) is 38.1 Å². The molecular formula is C13H19NO3. The van der Waals surface area contributed by atoms with Gasteiger partial charge in [-0.15, -0.1) is 0 Å². The van der Waals surface area contributed by atoms with E-state index in [1.165, 1.54) is 0 Å². The number of carbonyl (C=O) groups excluding carboxylic acids is 1. The smallest absolute Gasteiger partial charge is 0.257 e. The first-order valence-corrected chi connectivity index (χ1v) is 5.69. The third-order valence-corrected chi connectivity index (χ3v) is 2.35. The van der Waals surface area contributed by atoms with Gasteiger partial charge in [0, 0.05) is 13.2 Å². The van der Waals surface area contributed by atoms with Crippen LogP contribution < -0.4 is 10.1 Å². The summed E-state index contributed by atoms with van der Waals surface area (Å²) in [7, 11) is 0. The lowest BCUT2D eigenvalue weighted by molar-refractivity contribution is -0.123. The number of carbonyl (C=O) groups is 1. The molecule has 1 amide bonds. The van der Waals surface area contributed by atoms with Gasteiger partial charge >= 0.3 is 0 Å². The van der Waals surface area contributed by atoms with Crippen molar-refractivity contribution in [3.8, 4) is 5.75 Å². The van der Waals surface area contributed by atoms with Gasteiger partial charge in [0.05, 0.1) is 0 Å². The second kappa shape index (κ2) is 6.91. The Balaban J connectivity index is 2.26. The van der Waals surface area contributed by atoms with Crippen LogP contribution in [0.3, 0.4) is 0 Å². The molecule has 1 aromatic rings. The van der Waals surface area contributed by atoms with E-state index in [0.717, 1.165) is 5.56 Å². The van der Waals surface area contributed by atoms with Crippen LogP contribution >= 0.6 is 0 Å². The van der Waals surface area contributed by atoms with Crippen molar-refractivity contribution in [2.45, 2.75) is 13.8 Å². The summed E-state index contributed by atoms with van der Waals surface area (Å²) in [6, 6.07) is 7.53. The topological polar surface area (TPSA) is 58.6 Å². The molecule has 1 unspecified atom stereocenters. The average Bonchev–Trinajstić information content (AvgIpc) is 2.35. The number of aliphatic hydroxyl groups excluding tert-OH is 1. The van der Waals surface area contributed by atoms with Gasteiger partial charge in [0.25, 0.3) is 5.91 Å². The highest BCUT2D eigenvalue weighted by molar-refractivity contribution is 5.77. The molecule has 94 valence electrons. The van der Waals surface area contributed by atoms with Crippen LogP contribution in [0.4, 0.5) is 0 Å². The average molecular weight is 237 g/mol. The van der Waals surface area contributed by atoms with E-state index >= 15 is 0 Å². The van der Waals surface area contributed by atoms with E-state index in [0.29, 0.717) is 12.3 Å². The summed E-state index contributed by atoms with van der Waals surface area (Å²) in [4.78, 5) is 11.4. The monoisotopic (exact) mass is 237 g/mol. The van der Waals surface area contributed by atoms with E-state index < -0.39 is 0 Å². The molecule has 0 radical (unpaired) electrons. The number of hydrogen-bond acceptors (Lipinski definition) is 3. The van der Waals surface area contributed by atoms with Gasteiger partial charge in [-0.2, -0.15) is 0 Å². The highest BCUT2D eigenvalue weighted by Crippen LogP contribution is 2.10. The predicted molar refractivity (Wildman–Crippen MR) is 65.9 cm³/mol. The molecule has 0 aliphatic rings. The lowest BCUT2D eigenvalue weighted by Gasteiger charge is -2.10. The van der Waals surface area contributed by atoms with Crippen LogP contribution in [0.25, 0.3) is 0 Å². The molecule has 0 bridgehead atoms. The van der Waals surface area contributed by atoms with Gasteiger partial charge in [-0.25, -0.2) is 0 Å². The second-order valence-electron chi connectivity index (χ2n) is 4.19. The van der Waals surface area contributed by atoms with Crippen molar-refractivity contribution in [2.24, 2.45) is 5.92 Å². The molecule has 0 fully saturated rings. The maximum absolute atomic E-state index is 11.4. The van der Waals surface area contributed by atoms with Crippen LogP contribution in [0, 0.1) is 12.8 Å². The zero-order valence-electron chi connectivity index (χ0n) is 10.3. The molecule has 0 aromatic heterocycles. The minimum absolute atomic E-state index is 0.00120. The molecule has 1 atom stereocenters. The second-order valence-corrected chi connectivity index (χ2v) is 4.19. The number of benzene rings is 1. The van der Waals surface area contributed by atoms with Crippen molar-refractivity contribution in [1.29, 1.82) is 0 Å². The molecular weight excluding hydrogens is 218 g/mol. The van der Waals surface area contributed by atoms with Crippen LogP contribution in [0.15, 0.2) is 24.3 Å². The number of nitrogens with one attached hydrogen (secondary N) is 1. The molecule has 0 spiro atoms. The highest BCUT2D eigenvalue weighted by atomic mass is 16.5. The fourth-order valence-corrected chi connectivity index (χ4v) is 1.19. The molecule has 0 aliphatic carbocycles. The Morgan fingerprint density at radius 3 is 2.65 bits per heavy atom. The molecule has 4 nitrogen and oxygen atoms in total. The molecule has 17 heavy (non-hydrogen) atoms. The minimum atomic E-state index is -0.175. The van der Waals surface area contributed by atoms with Gasteiger partial charge < -0.3 is 15.2 Å². The van der Waals surface area contributed by atoms with E-state index in [2.05, 4.69) is 5.32 Å². The Labute approximate surface area is 102 Å². The zero-order valence-corrected chi connectivity index (χ0v) is 10.3. The molecule has 1 aromatic carbocycles. The van der Waals surface area contributed by atoms with Crippen molar-refractivity contribution in [1.82, 2.24) is 5.32 Å². The van der Waals surface area contributed by atoms with Crippen LogP contribution in [0.5, 0.6) is 5.75 Å². The van der Waals surface area contributed by atoms with Crippen LogP contribution in [0.1, 0.15) is 12.5 Å². The zero-order chi connectivity index (χ0) is 12.7. The maximum Gasteiger partial charge on any atom is 0.257 e. The van der Waals surface area contributed by atoms with Crippen molar-refractivity contribution >= 4 is 5.91 Å². The standard InChI is InChI=1S/C13H19NO3/c1-10-3-5-12(6-4-10)17-9-13(16)14-7-11(2)8-15/h3-6,11,15H,7-9H2,1-2H3,(H,14,16). The Morgan fingerprint density at radius 1 is 1.41 bits per heavy atom. The summed E-state index contributed by atoms with van der Waals surface area (Å²) < 4.78 is 5.31. The van der Waals surface area contributed by atoms with Crippen molar-refractivity contribution in [3.05, 3.63) is 29.8 Å². The molecule has 1 rings (SSSR count). The molecule has 0 heterocycles. The Kier molecular flexibility index (Phi) is 5.49. The molecule has 0 saturated carbocycles. The third-order valence-electron chi connectivity index (χ3n) is 2.35. The summed E-state index contributed by atoms with van der Waals surface area (Å²) in [5, 5.41) is 11.5. The Hall–Kier alpha value is -1.55. The Morgan fingerprint density at radius 2 is 2.06 bits per heavy atom. The van der Waals surface area contributed by atoms with Crippen molar-refractivity contribution in [3.63, 3.8) is 0 Å². The van der Waals surface area contributed by atoms with Crippen molar-refractivity contribution in [2.75, 3.05) is 19.8 Å². The number of rotatable bonds is 6. The normalized spacial score (nSPS) is 11.9. The summed E-state index contributed by atoms with van der Waals surface area (Å²) in [6.45, 7) is 4.39. The SMILES string of the molecule is Cc1ccc(OCC(=O)NCC(C)CO)cc1. The van der Waals surface area contributed by atoms with Gasteiger partial charge in [0.1, 0.15) is 5.75 Å². The highest BCUT2D eigenvalue weighted by Gasteiger charge is 2.05. The lowest BCUT2D eigenvalue weighted by Crippen LogP contribution is -2.33. The number of hydrogen-bond donors (Lipinski definition) is 2. The first kappa shape index (κ1) is 13.5. The van der Waals surface area contributed by atoms with E-state index in [-0.39, 0.29) is 25.0 Å². The van der Waals surface area contributed by atoms with E-state index in [9.17, 15) is 4.79 Å². The molecule has 2 N–H and O–H groups in total. The number of aryl methyl sites for hydroxylation is 1. The summed E-state index contributed by atoms with van der Waals surface area (Å²) >= 11 is 0. The number of amides is 1. The first-order chi connectivity index (χ1) is 8.11. The van der Waals surface area contributed by atoms with Gasteiger partial charge in [-0.05, 0) is 25.0 Å². The van der Waals surface area contributed by atoms with Gasteiger partial charge in [-0.3, -0.25) is 4.79 Å². The van der Waals surface area contributed by atoms with Crippen LogP contribution in [-0.4, -0.2) is 30.8 Å². The Bertz CT molecular complexity index is 348. The van der Waals surface area contributed by atoms with Gasteiger partial charge in [0.2, 0.25) is 0 Å². The maximum atomic E-state index is 11.4. The quantitative estimate of drug-likeness (QED) is 0.779. The molecule has 0 saturated heterocycles. The number of ether oxygens (including phenoxy) is 1. The number of aliphatic hydroxyl groups is 1. The van der Waals surface area contributed by atoms with Crippen LogP contribution in [-0.2, 0) is 4.79 Å². The van der Waals surface area contributed by atoms with Crippen LogP contribution in [0.2, 0.25) is 0 Å². The van der Waals surface area contributed by atoms with Crippen molar-refractivity contribution < 1.29 is 14.6 Å². The summed E-state index contributed by atoms with van der Waals surface area (Å²) in [5.74, 6) is 0.574. The molecule has 4 heteroatoms. The summed E-state index contributed by atoms with van der Waals surface area (Å²) in [6.07, 6.45) is 0. The van der Waals surface area contributed by atoms with Gasteiger partial charge in [-0.1, -0.05) is 24.6 Å². The summed E-state index contributed by atoms with van der Waals surface area (Å²) in [5.41, 5.74) is 1.15. The lowest BCUT2D eigenvalue weighted by atomic mass is 10.2. The third kappa shape index (κ3) is 5.36. The largest absolute Gasteiger partial charge is 0.484 e. The first-order valence-electron chi connectivity index (χ1n) is 5.69. The van der Waals surface area contributed by atoms with E-state index in [4.69, 9.17) is 9.84 Å². The fourth-order valence-electron chi connectivity index (χ4n) is 1.19. The minimum Gasteiger partial charge on any atom is -0.484 e. The predicted octanol–water partition coefficient (Wildman–Crippen LogP) is 1.12. The molecule has 0 aliphatic heterocycles. The van der Waals surface area contributed by atoms with Gasteiger partial charge in [0.15, 0.2) is 6.61 Å².